The van der Waals surface area contributed by atoms with Crippen LogP contribution in [0.15, 0.2) is 0 Å². The Kier molecular flexibility index (Phi) is 5.35. The van der Waals surface area contributed by atoms with Crippen LogP contribution in [-0.2, 0) is 9.47 Å². The molecule has 2 fully saturated rings. The van der Waals surface area contributed by atoms with Crippen molar-refractivity contribution in [3.63, 3.8) is 0 Å². The lowest BCUT2D eigenvalue weighted by molar-refractivity contribution is -0.191. The standard InChI is InChI=1S/C12H21NO5S/c14-8-6-17-11(10(16)9(8)15)13-12(19)18-7-4-2-1-3-5-7/h7-11,14-16H,1-6H2,(H,13,19)/t8-,9-,10-,11-/m1/s1. The molecule has 4 atom stereocenters. The van der Waals surface area contributed by atoms with Gasteiger partial charge in [-0.2, -0.15) is 0 Å². The predicted octanol–water partition coefficient (Wildman–Crippen LogP) is -0.351. The van der Waals surface area contributed by atoms with Crippen molar-refractivity contribution < 1.29 is 24.8 Å². The third-order valence-corrected chi connectivity index (χ3v) is 3.80. The Balaban J connectivity index is 1.78. The van der Waals surface area contributed by atoms with Crippen LogP contribution in [0.3, 0.4) is 0 Å². The third kappa shape index (κ3) is 4.00. The molecule has 0 aromatic heterocycles. The Hall–Kier alpha value is -0.470. The van der Waals surface area contributed by atoms with E-state index in [0.29, 0.717) is 0 Å². The highest BCUT2D eigenvalue weighted by Crippen LogP contribution is 2.21. The SMILES string of the molecule is O[C@@H]1[C@H](O)[C@H](O)CO[C@H]1NC(=S)OC1CCCCC1. The van der Waals surface area contributed by atoms with E-state index in [1.165, 1.54) is 6.42 Å². The molecular weight excluding hydrogens is 270 g/mol. The molecule has 1 aliphatic carbocycles. The maximum atomic E-state index is 9.75. The molecule has 6 nitrogen and oxygen atoms in total. The number of aliphatic hydroxyl groups excluding tert-OH is 3. The monoisotopic (exact) mass is 291 g/mol. The van der Waals surface area contributed by atoms with E-state index in [1.807, 2.05) is 0 Å². The molecule has 2 rings (SSSR count). The lowest BCUT2D eigenvalue weighted by Gasteiger charge is -2.36. The minimum absolute atomic E-state index is 0.0536. The van der Waals surface area contributed by atoms with Crippen LogP contribution >= 0.6 is 12.2 Å². The zero-order chi connectivity index (χ0) is 13.8. The minimum atomic E-state index is -1.25. The smallest absolute Gasteiger partial charge is 0.259 e. The molecule has 0 bridgehead atoms. The average Bonchev–Trinajstić information content (AvgIpc) is 2.41. The summed E-state index contributed by atoms with van der Waals surface area (Å²) in [5, 5.41) is 31.5. The molecule has 0 spiro atoms. The molecule has 110 valence electrons. The molecule has 0 radical (unpaired) electrons. The first-order valence-electron chi connectivity index (χ1n) is 6.71. The second-order valence-electron chi connectivity index (χ2n) is 5.11. The summed E-state index contributed by atoms with van der Waals surface area (Å²) in [4.78, 5) is 0. The molecule has 0 unspecified atom stereocenters. The van der Waals surface area contributed by atoms with E-state index in [4.69, 9.17) is 21.7 Å². The van der Waals surface area contributed by atoms with Crippen molar-refractivity contribution in [2.45, 2.75) is 62.7 Å². The fourth-order valence-corrected chi connectivity index (χ4v) is 2.67. The van der Waals surface area contributed by atoms with Gasteiger partial charge in [-0.3, -0.25) is 0 Å². The average molecular weight is 291 g/mol. The van der Waals surface area contributed by atoms with Gasteiger partial charge in [-0.15, -0.1) is 0 Å². The van der Waals surface area contributed by atoms with Crippen molar-refractivity contribution in [1.29, 1.82) is 0 Å². The van der Waals surface area contributed by atoms with Gasteiger partial charge in [-0.05, 0) is 37.9 Å². The maximum absolute atomic E-state index is 9.75. The summed E-state index contributed by atoms with van der Waals surface area (Å²) in [5.74, 6) is 0. The third-order valence-electron chi connectivity index (χ3n) is 3.59. The first-order valence-corrected chi connectivity index (χ1v) is 7.11. The summed E-state index contributed by atoms with van der Waals surface area (Å²) in [7, 11) is 0. The molecule has 1 aliphatic heterocycles. The summed E-state index contributed by atoms with van der Waals surface area (Å²) >= 11 is 5.07. The first kappa shape index (κ1) is 14.9. The van der Waals surface area contributed by atoms with Crippen LogP contribution in [0, 0.1) is 0 Å². The summed E-state index contributed by atoms with van der Waals surface area (Å²) in [5.41, 5.74) is 0. The van der Waals surface area contributed by atoms with Crippen molar-refractivity contribution >= 4 is 17.4 Å². The van der Waals surface area contributed by atoms with E-state index in [-0.39, 0.29) is 17.9 Å². The second-order valence-corrected chi connectivity index (χ2v) is 5.48. The van der Waals surface area contributed by atoms with Crippen LogP contribution in [0.25, 0.3) is 0 Å². The summed E-state index contributed by atoms with van der Waals surface area (Å²) in [6.07, 6.45) is 1.17. The largest absolute Gasteiger partial charge is 0.468 e. The molecule has 2 aliphatic rings. The van der Waals surface area contributed by atoms with Gasteiger partial charge in [0, 0.05) is 0 Å². The fourth-order valence-electron chi connectivity index (χ4n) is 2.42. The number of ether oxygens (including phenoxy) is 2. The number of rotatable bonds is 2. The number of hydrogen-bond donors (Lipinski definition) is 4. The number of nitrogens with one attached hydrogen (secondary N) is 1. The lowest BCUT2D eigenvalue weighted by Crippen LogP contribution is -2.59. The van der Waals surface area contributed by atoms with E-state index >= 15 is 0 Å². The van der Waals surface area contributed by atoms with Crippen LogP contribution in [0.2, 0.25) is 0 Å². The van der Waals surface area contributed by atoms with E-state index in [1.54, 1.807) is 0 Å². The Bertz CT molecular complexity index is 310. The second kappa shape index (κ2) is 6.81. The van der Waals surface area contributed by atoms with Crippen LogP contribution in [0.4, 0.5) is 0 Å². The Morgan fingerprint density at radius 2 is 1.79 bits per heavy atom. The summed E-state index contributed by atoms with van der Waals surface area (Å²) < 4.78 is 10.8. The van der Waals surface area contributed by atoms with Crippen LogP contribution in [0.1, 0.15) is 32.1 Å². The number of thiocarbonyl (C=S) groups is 1. The molecule has 0 aromatic carbocycles. The molecule has 19 heavy (non-hydrogen) atoms. The minimum Gasteiger partial charge on any atom is -0.468 e. The molecule has 7 heteroatoms. The molecule has 1 saturated heterocycles. The summed E-state index contributed by atoms with van der Waals surface area (Å²) in [6.45, 7) is -0.0536. The molecule has 1 heterocycles. The number of hydrogen-bond acceptors (Lipinski definition) is 6. The zero-order valence-corrected chi connectivity index (χ0v) is 11.5. The van der Waals surface area contributed by atoms with Crippen molar-refractivity contribution in [2.75, 3.05) is 6.61 Å². The maximum Gasteiger partial charge on any atom is 0.259 e. The predicted molar refractivity (Wildman–Crippen MR) is 71.5 cm³/mol. The van der Waals surface area contributed by atoms with Crippen molar-refractivity contribution in [2.24, 2.45) is 0 Å². The normalized spacial score (nSPS) is 36.8. The fraction of sp³-hybridized carbons (Fsp3) is 0.917. The van der Waals surface area contributed by atoms with Gasteiger partial charge in [0.15, 0.2) is 6.23 Å². The summed E-state index contributed by atoms with van der Waals surface area (Å²) in [6, 6.07) is 0. The molecule has 0 amide bonds. The van der Waals surface area contributed by atoms with Crippen molar-refractivity contribution in [1.82, 2.24) is 5.32 Å². The van der Waals surface area contributed by atoms with E-state index in [2.05, 4.69) is 5.32 Å². The zero-order valence-electron chi connectivity index (χ0n) is 10.7. The van der Waals surface area contributed by atoms with E-state index in [0.717, 1.165) is 25.7 Å². The van der Waals surface area contributed by atoms with E-state index < -0.39 is 24.5 Å². The highest BCUT2D eigenvalue weighted by molar-refractivity contribution is 7.80. The van der Waals surface area contributed by atoms with Crippen molar-refractivity contribution in [3.05, 3.63) is 0 Å². The van der Waals surface area contributed by atoms with Gasteiger partial charge in [0.05, 0.1) is 6.61 Å². The van der Waals surface area contributed by atoms with Gasteiger partial charge in [-0.25, -0.2) is 0 Å². The van der Waals surface area contributed by atoms with Crippen LogP contribution in [-0.4, -0.2) is 57.7 Å². The quantitative estimate of drug-likeness (QED) is 0.517. The van der Waals surface area contributed by atoms with Gasteiger partial charge in [0.25, 0.3) is 5.17 Å². The van der Waals surface area contributed by atoms with Gasteiger partial charge in [-0.1, -0.05) is 6.42 Å². The van der Waals surface area contributed by atoms with Crippen LogP contribution in [0.5, 0.6) is 0 Å². The van der Waals surface area contributed by atoms with E-state index in [9.17, 15) is 15.3 Å². The lowest BCUT2D eigenvalue weighted by atomic mass is 9.98. The first-order chi connectivity index (χ1) is 9.08. The van der Waals surface area contributed by atoms with Gasteiger partial charge < -0.3 is 30.1 Å². The molecule has 4 N–H and O–H groups in total. The Labute approximate surface area is 117 Å². The van der Waals surface area contributed by atoms with Gasteiger partial charge in [0.2, 0.25) is 0 Å². The van der Waals surface area contributed by atoms with Gasteiger partial charge >= 0.3 is 0 Å². The topological polar surface area (TPSA) is 91.2 Å². The molecule has 1 saturated carbocycles. The molecular formula is C12H21NO5S. The van der Waals surface area contributed by atoms with Crippen LogP contribution < -0.4 is 5.32 Å². The van der Waals surface area contributed by atoms with Crippen molar-refractivity contribution in [3.8, 4) is 0 Å². The Morgan fingerprint density at radius 1 is 1.11 bits per heavy atom. The highest BCUT2D eigenvalue weighted by atomic mass is 32.1. The highest BCUT2D eigenvalue weighted by Gasteiger charge is 2.38. The van der Waals surface area contributed by atoms with Gasteiger partial charge in [0.1, 0.15) is 24.4 Å². The number of aliphatic hydroxyl groups is 3. The molecule has 0 aromatic rings. The Morgan fingerprint density at radius 3 is 2.47 bits per heavy atom.